The van der Waals surface area contributed by atoms with Crippen LogP contribution in [0.3, 0.4) is 0 Å². The van der Waals surface area contributed by atoms with E-state index in [2.05, 4.69) is 19.9 Å². The molecule has 1 fully saturated rings. The van der Waals surface area contributed by atoms with Crippen LogP contribution in [0.1, 0.15) is 17.0 Å². The van der Waals surface area contributed by atoms with Crippen LogP contribution in [0, 0.1) is 0 Å². The predicted molar refractivity (Wildman–Crippen MR) is 124 cm³/mol. The molecule has 2 aromatic rings. The van der Waals surface area contributed by atoms with Gasteiger partial charge in [-0.15, -0.1) is 0 Å². The summed E-state index contributed by atoms with van der Waals surface area (Å²) in [5.41, 5.74) is 3.06. The lowest BCUT2D eigenvalue weighted by molar-refractivity contribution is -0.193. The number of fused-ring (bicyclic) bond motifs is 1. The maximum Gasteiger partial charge on any atom is 0.490 e. The van der Waals surface area contributed by atoms with Crippen LogP contribution in [0.25, 0.3) is 0 Å². The third kappa shape index (κ3) is 10.3. The molecule has 0 bridgehead atoms. The number of alkyl halides is 6. The zero-order valence-corrected chi connectivity index (χ0v) is 20.8. The van der Waals surface area contributed by atoms with Crippen molar-refractivity contribution in [2.24, 2.45) is 0 Å². The fraction of sp³-hybridized carbons (Fsp3) is 0.478. The average molecular weight is 581 g/mol. The second kappa shape index (κ2) is 14.4. The van der Waals surface area contributed by atoms with E-state index >= 15 is 0 Å². The molecular formula is C23H25F6N5O6. The normalized spacial score (nSPS) is 15.3. The Morgan fingerprint density at radius 1 is 0.850 bits per heavy atom. The Bertz CT molecular complexity index is 1120. The lowest BCUT2D eigenvalue weighted by Gasteiger charge is -2.29. The molecule has 2 N–H and O–H groups in total. The summed E-state index contributed by atoms with van der Waals surface area (Å²) >= 11 is 0. The van der Waals surface area contributed by atoms with Crippen molar-refractivity contribution in [1.29, 1.82) is 0 Å². The molecule has 2 aromatic heterocycles. The number of pyridine rings is 1. The standard InChI is InChI=1S/C19H23N5O2.2C2HF3O2/c25-18(13-15-3-1-2-6-20-15)23-7-4-16-17(5-8-23)21-14-22-19(16)24-9-11-26-12-10-24;2*3-2(4,5)1(6)7/h1-3,6,14H,4-5,7-13H2;2*(H,6,7). The molecule has 0 unspecified atom stereocenters. The van der Waals surface area contributed by atoms with Gasteiger partial charge in [-0.1, -0.05) is 6.07 Å². The summed E-state index contributed by atoms with van der Waals surface area (Å²) in [5.74, 6) is -4.38. The minimum Gasteiger partial charge on any atom is -0.475 e. The number of amides is 1. The quantitative estimate of drug-likeness (QED) is 0.517. The van der Waals surface area contributed by atoms with Gasteiger partial charge < -0.3 is 24.7 Å². The molecule has 0 radical (unpaired) electrons. The largest absolute Gasteiger partial charge is 0.490 e. The fourth-order valence-electron chi connectivity index (χ4n) is 3.58. The second-order valence-corrected chi connectivity index (χ2v) is 8.21. The lowest BCUT2D eigenvalue weighted by atomic mass is 10.1. The van der Waals surface area contributed by atoms with Gasteiger partial charge in [0.1, 0.15) is 12.1 Å². The number of anilines is 1. The number of nitrogens with zero attached hydrogens (tertiary/aromatic N) is 5. The molecule has 0 atom stereocenters. The number of carboxylic acids is 2. The van der Waals surface area contributed by atoms with Gasteiger partial charge in [0.25, 0.3) is 0 Å². The molecule has 17 heteroatoms. The molecule has 2 aliphatic heterocycles. The summed E-state index contributed by atoms with van der Waals surface area (Å²) < 4.78 is 68.9. The van der Waals surface area contributed by atoms with E-state index in [1.54, 1.807) is 12.5 Å². The lowest BCUT2D eigenvalue weighted by Crippen LogP contribution is -2.38. The van der Waals surface area contributed by atoms with Crippen LogP contribution in [0.4, 0.5) is 32.2 Å². The van der Waals surface area contributed by atoms with Crippen LogP contribution >= 0.6 is 0 Å². The van der Waals surface area contributed by atoms with Crippen LogP contribution in [0.5, 0.6) is 0 Å². The molecule has 1 saturated heterocycles. The van der Waals surface area contributed by atoms with Gasteiger partial charge in [0.05, 0.1) is 25.3 Å². The predicted octanol–water partition coefficient (Wildman–Crippen LogP) is 2.14. The van der Waals surface area contributed by atoms with E-state index in [4.69, 9.17) is 24.5 Å². The van der Waals surface area contributed by atoms with Crippen molar-refractivity contribution in [3.05, 3.63) is 47.7 Å². The van der Waals surface area contributed by atoms with Gasteiger partial charge in [-0.3, -0.25) is 9.78 Å². The van der Waals surface area contributed by atoms with E-state index in [9.17, 15) is 31.1 Å². The van der Waals surface area contributed by atoms with Crippen molar-refractivity contribution < 1.29 is 55.7 Å². The molecule has 4 heterocycles. The number of carboxylic acid groups (broad SMARTS) is 2. The Hall–Kier alpha value is -4.02. The first-order valence-electron chi connectivity index (χ1n) is 11.6. The number of rotatable bonds is 3. The van der Waals surface area contributed by atoms with E-state index in [1.807, 2.05) is 23.1 Å². The monoisotopic (exact) mass is 581 g/mol. The van der Waals surface area contributed by atoms with Gasteiger partial charge in [-0.05, 0) is 18.6 Å². The van der Waals surface area contributed by atoms with Crippen LogP contribution < -0.4 is 4.90 Å². The minimum atomic E-state index is -5.08. The molecular weight excluding hydrogens is 556 g/mol. The van der Waals surface area contributed by atoms with Crippen LogP contribution in [0.2, 0.25) is 0 Å². The molecule has 0 aromatic carbocycles. The Labute approximate surface area is 223 Å². The van der Waals surface area contributed by atoms with Gasteiger partial charge in [-0.2, -0.15) is 26.3 Å². The Kier molecular flexibility index (Phi) is 11.6. The number of carbonyl (C=O) groups excluding carboxylic acids is 1. The molecule has 40 heavy (non-hydrogen) atoms. The highest BCUT2D eigenvalue weighted by Crippen LogP contribution is 2.24. The summed E-state index contributed by atoms with van der Waals surface area (Å²) in [4.78, 5) is 48.0. The smallest absolute Gasteiger partial charge is 0.475 e. The fourth-order valence-corrected chi connectivity index (χ4v) is 3.58. The number of halogens is 6. The van der Waals surface area contributed by atoms with Crippen molar-refractivity contribution in [1.82, 2.24) is 19.9 Å². The Morgan fingerprint density at radius 3 is 1.95 bits per heavy atom. The van der Waals surface area contributed by atoms with Gasteiger partial charge in [0, 0.05) is 50.1 Å². The molecule has 0 spiro atoms. The van der Waals surface area contributed by atoms with Crippen molar-refractivity contribution in [2.45, 2.75) is 31.6 Å². The SMILES string of the molecule is O=C(Cc1ccccn1)N1CCc2ncnc(N3CCOCC3)c2CC1.O=C(O)C(F)(F)F.O=C(O)C(F)(F)F. The number of aliphatic carboxylic acids is 2. The maximum atomic E-state index is 12.7. The second-order valence-electron chi connectivity index (χ2n) is 8.21. The van der Waals surface area contributed by atoms with Crippen LogP contribution in [0.15, 0.2) is 30.7 Å². The first-order chi connectivity index (χ1) is 18.7. The van der Waals surface area contributed by atoms with Gasteiger partial charge in [0.15, 0.2) is 0 Å². The zero-order chi connectivity index (χ0) is 29.9. The summed E-state index contributed by atoms with van der Waals surface area (Å²) in [5, 5.41) is 14.2. The number of hydrogen-bond acceptors (Lipinski definition) is 8. The highest BCUT2D eigenvalue weighted by Gasteiger charge is 2.38. The topological polar surface area (TPSA) is 146 Å². The van der Waals surface area contributed by atoms with E-state index < -0.39 is 24.3 Å². The van der Waals surface area contributed by atoms with Crippen molar-refractivity contribution in [3.63, 3.8) is 0 Å². The van der Waals surface area contributed by atoms with E-state index in [1.165, 1.54) is 5.56 Å². The third-order valence-electron chi connectivity index (χ3n) is 5.47. The minimum absolute atomic E-state index is 0.123. The zero-order valence-electron chi connectivity index (χ0n) is 20.8. The number of carbonyl (C=O) groups is 3. The number of morpholine rings is 1. The van der Waals surface area contributed by atoms with E-state index in [0.717, 1.165) is 56.4 Å². The number of ether oxygens (including phenoxy) is 1. The molecule has 1 amide bonds. The van der Waals surface area contributed by atoms with Crippen molar-refractivity contribution >= 4 is 23.7 Å². The molecule has 4 rings (SSSR count). The number of aromatic nitrogens is 3. The third-order valence-corrected chi connectivity index (χ3v) is 5.47. The Morgan fingerprint density at radius 2 is 1.43 bits per heavy atom. The molecule has 0 saturated carbocycles. The summed E-state index contributed by atoms with van der Waals surface area (Å²) in [6, 6.07) is 5.67. The van der Waals surface area contributed by atoms with E-state index in [-0.39, 0.29) is 5.91 Å². The van der Waals surface area contributed by atoms with Crippen LogP contribution in [-0.2, 0) is 38.4 Å². The highest BCUT2D eigenvalue weighted by atomic mass is 19.4. The van der Waals surface area contributed by atoms with E-state index in [0.29, 0.717) is 19.5 Å². The van der Waals surface area contributed by atoms with Crippen molar-refractivity contribution in [3.8, 4) is 0 Å². The van der Waals surface area contributed by atoms with Crippen molar-refractivity contribution in [2.75, 3.05) is 44.3 Å². The van der Waals surface area contributed by atoms with Gasteiger partial charge in [-0.25, -0.2) is 19.6 Å². The summed E-state index contributed by atoms with van der Waals surface area (Å²) in [6.45, 7) is 4.56. The summed E-state index contributed by atoms with van der Waals surface area (Å²) in [6.07, 6.45) is -4.89. The molecule has 220 valence electrons. The van der Waals surface area contributed by atoms with Crippen LogP contribution in [-0.4, -0.2) is 99.7 Å². The maximum absolute atomic E-state index is 12.7. The first kappa shape index (κ1) is 32.2. The van der Waals surface area contributed by atoms with Gasteiger partial charge in [0.2, 0.25) is 5.91 Å². The first-order valence-corrected chi connectivity index (χ1v) is 11.6. The highest BCUT2D eigenvalue weighted by molar-refractivity contribution is 5.78. The molecule has 0 aliphatic carbocycles. The number of hydrogen-bond donors (Lipinski definition) is 2. The Balaban J connectivity index is 0.000000333. The van der Waals surface area contributed by atoms with Gasteiger partial charge >= 0.3 is 24.3 Å². The average Bonchev–Trinajstić information content (AvgIpc) is 3.12. The molecule has 2 aliphatic rings. The summed E-state index contributed by atoms with van der Waals surface area (Å²) in [7, 11) is 0. The molecule has 11 nitrogen and oxygen atoms in total.